The van der Waals surface area contributed by atoms with Gasteiger partial charge in [-0.3, -0.25) is 0 Å². The number of carbonyl (C=O) groups excluding carboxylic acids is 2. The topological polar surface area (TPSA) is 107 Å². The van der Waals surface area contributed by atoms with E-state index in [-0.39, 0.29) is 12.1 Å². The van der Waals surface area contributed by atoms with Crippen LogP contribution in [0.2, 0.25) is 0 Å². The lowest BCUT2D eigenvalue weighted by molar-refractivity contribution is 0.227. The summed E-state index contributed by atoms with van der Waals surface area (Å²) < 4.78 is 0. The van der Waals surface area contributed by atoms with Gasteiger partial charge < -0.3 is 21.3 Å². The highest BCUT2D eigenvalue weighted by Crippen LogP contribution is 2.19. The second kappa shape index (κ2) is 10.4. The normalized spacial score (nSPS) is 14.9. The highest BCUT2D eigenvalue weighted by molar-refractivity contribution is 5.90. The van der Waals surface area contributed by atoms with Crippen LogP contribution >= 0.6 is 0 Å². The van der Waals surface area contributed by atoms with Crippen LogP contribution in [-0.2, 0) is 0 Å². The lowest BCUT2D eigenvalue weighted by Crippen LogP contribution is -2.48. The third-order valence-corrected chi connectivity index (χ3v) is 4.70. The Labute approximate surface area is 177 Å². The van der Waals surface area contributed by atoms with Crippen LogP contribution in [0.25, 0.3) is 0 Å². The maximum Gasteiger partial charge on any atom is 0.321 e. The fraction of sp³-hybridized carbons (Fsp3) is 0.364. The zero-order valence-electron chi connectivity index (χ0n) is 17.9. The summed E-state index contributed by atoms with van der Waals surface area (Å²) in [5.74, 6) is 0. The van der Waals surface area contributed by atoms with Gasteiger partial charge in [0.25, 0.3) is 0 Å². The molecule has 4 amide bonds. The third kappa shape index (κ3) is 7.20. The minimum Gasteiger partial charge on any atom is -0.312 e. The number of rotatable bonds is 8. The van der Waals surface area contributed by atoms with Gasteiger partial charge in [-0.15, -0.1) is 0 Å². The molecule has 0 bridgehead atoms. The molecule has 0 radical (unpaired) electrons. The standard InChI is InChI=1S/C22H30N6O2/c1-5-21(3,25-19(29)23-17-13-9-7-10-14-17)27-28-22(4,6-2)26-20(30)24-18-15-11-8-12-16-18/h7-16H,5-6H2,1-4H3,(H2,23,25,29)(H2,24,26,30). The number of anilines is 2. The monoisotopic (exact) mass is 410 g/mol. The Hall–Kier alpha value is -3.42. The molecule has 2 unspecified atom stereocenters. The minimum atomic E-state index is -0.924. The molecule has 0 aliphatic rings. The van der Waals surface area contributed by atoms with E-state index in [4.69, 9.17) is 0 Å². The molecule has 0 aromatic heterocycles. The van der Waals surface area contributed by atoms with E-state index in [0.29, 0.717) is 24.2 Å². The van der Waals surface area contributed by atoms with Crippen molar-refractivity contribution < 1.29 is 9.59 Å². The van der Waals surface area contributed by atoms with Gasteiger partial charge >= 0.3 is 12.1 Å². The van der Waals surface area contributed by atoms with Gasteiger partial charge in [-0.25, -0.2) is 9.59 Å². The molecule has 0 saturated carbocycles. The first-order valence-corrected chi connectivity index (χ1v) is 10.00. The van der Waals surface area contributed by atoms with Gasteiger partial charge in [0, 0.05) is 11.4 Å². The third-order valence-electron chi connectivity index (χ3n) is 4.70. The number of nitrogens with zero attached hydrogens (tertiary/aromatic N) is 2. The van der Waals surface area contributed by atoms with Gasteiger partial charge in [0.1, 0.15) is 0 Å². The van der Waals surface area contributed by atoms with Gasteiger partial charge in [0.15, 0.2) is 11.3 Å². The first kappa shape index (κ1) is 22.9. The Balaban J connectivity index is 2.01. The summed E-state index contributed by atoms with van der Waals surface area (Å²) in [5.41, 5.74) is -0.481. The minimum absolute atomic E-state index is 0.377. The average molecular weight is 411 g/mol. The average Bonchev–Trinajstić information content (AvgIpc) is 2.73. The second-order valence-corrected chi connectivity index (χ2v) is 7.35. The van der Waals surface area contributed by atoms with E-state index in [0.717, 1.165) is 0 Å². The number of hydrogen-bond acceptors (Lipinski definition) is 4. The summed E-state index contributed by atoms with van der Waals surface area (Å²) in [7, 11) is 0. The largest absolute Gasteiger partial charge is 0.321 e. The number of hydrogen-bond donors (Lipinski definition) is 4. The first-order valence-electron chi connectivity index (χ1n) is 10.00. The summed E-state index contributed by atoms with van der Waals surface area (Å²) in [6.45, 7) is 7.36. The molecular weight excluding hydrogens is 380 g/mol. The molecule has 160 valence electrons. The summed E-state index contributed by atoms with van der Waals surface area (Å²) in [6, 6.07) is 17.6. The summed E-state index contributed by atoms with van der Waals surface area (Å²) in [4.78, 5) is 24.7. The lowest BCUT2D eigenvalue weighted by Gasteiger charge is -2.28. The Morgan fingerprint density at radius 2 is 1.03 bits per heavy atom. The molecule has 0 saturated heterocycles. The molecule has 0 aliphatic carbocycles. The Morgan fingerprint density at radius 3 is 1.33 bits per heavy atom. The van der Waals surface area contributed by atoms with Crippen LogP contribution in [0.4, 0.5) is 21.0 Å². The predicted octanol–water partition coefficient (Wildman–Crippen LogP) is 5.33. The van der Waals surface area contributed by atoms with E-state index in [2.05, 4.69) is 31.5 Å². The predicted molar refractivity (Wildman–Crippen MR) is 119 cm³/mol. The van der Waals surface area contributed by atoms with Crippen molar-refractivity contribution in [1.82, 2.24) is 10.6 Å². The SMILES string of the molecule is CCC(C)(N=NC(C)(CC)NC(=O)Nc1ccccc1)NC(=O)Nc1ccccc1. The molecule has 8 nitrogen and oxygen atoms in total. The number of benzene rings is 2. The summed E-state index contributed by atoms with van der Waals surface area (Å²) in [6.07, 6.45) is 1.05. The Kier molecular flexibility index (Phi) is 7.91. The molecular formula is C22H30N6O2. The molecule has 2 aromatic rings. The summed E-state index contributed by atoms with van der Waals surface area (Å²) >= 11 is 0. The molecule has 0 heterocycles. The Bertz CT molecular complexity index is 787. The van der Waals surface area contributed by atoms with Crippen LogP contribution in [0.15, 0.2) is 70.9 Å². The van der Waals surface area contributed by atoms with Crippen molar-refractivity contribution in [2.45, 2.75) is 51.9 Å². The molecule has 8 heteroatoms. The fourth-order valence-electron chi connectivity index (χ4n) is 2.45. The van der Waals surface area contributed by atoms with Crippen molar-refractivity contribution in [2.75, 3.05) is 10.6 Å². The molecule has 0 aliphatic heterocycles. The van der Waals surface area contributed by atoms with Gasteiger partial charge in [-0.2, -0.15) is 10.2 Å². The summed E-state index contributed by atoms with van der Waals surface area (Å²) in [5, 5.41) is 20.0. The van der Waals surface area contributed by atoms with Gasteiger partial charge in [0.05, 0.1) is 0 Å². The van der Waals surface area contributed by atoms with Crippen LogP contribution in [0.3, 0.4) is 0 Å². The quantitative estimate of drug-likeness (QED) is 0.441. The number of nitrogens with one attached hydrogen (secondary N) is 4. The molecule has 4 N–H and O–H groups in total. The van der Waals surface area contributed by atoms with Crippen LogP contribution in [0.5, 0.6) is 0 Å². The van der Waals surface area contributed by atoms with Crippen molar-refractivity contribution in [2.24, 2.45) is 10.2 Å². The van der Waals surface area contributed by atoms with Crippen molar-refractivity contribution in [3.05, 3.63) is 60.7 Å². The van der Waals surface area contributed by atoms with Gasteiger partial charge in [-0.1, -0.05) is 50.2 Å². The number of para-hydroxylation sites is 2. The molecule has 2 rings (SSSR count). The van der Waals surface area contributed by atoms with E-state index >= 15 is 0 Å². The van der Waals surface area contributed by atoms with Gasteiger partial charge in [0.2, 0.25) is 0 Å². The number of azo groups is 1. The zero-order valence-corrected chi connectivity index (χ0v) is 17.9. The van der Waals surface area contributed by atoms with Crippen LogP contribution in [0, 0.1) is 0 Å². The molecule has 30 heavy (non-hydrogen) atoms. The van der Waals surface area contributed by atoms with E-state index in [1.165, 1.54) is 0 Å². The smallest absolute Gasteiger partial charge is 0.312 e. The first-order chi connectivity index (χ1) is 14.3. The van der Waals surface area contributed by atoms with E-state index in [1.807, 2.05) is 50.2 Å². The van der Waals surface area contributed by atoms with Crippen molar-refractivity contribution in [3.8, 4) is 0 Å². The lowest BCUT2D eigenvalue weighted by atomic mass is 10.1. The highest BCUT2D eigenvalue weighted by atomic mass is 16.2. The van der Waals surface area contributed by atoms with Crippen molar-refractivity contribution >= 4 is 23.4 Å². The molecule has 0 spiro atoms. The number of urea groups is 2. The zero-order chi connectivity index (χ0) is 22.0. The maximum atomic E-state index is 12.4. The van der Waals surface area contributed by atoms with Crippen molar-refractivity contribution in [1.29, 1.82) is 0 Å². The van der Waals surface area contributed by atoms with Gasteiger partial charge in [-0.05, 0) is 51.0 Å². The van der Waals surface area contributed by atoms with Crippen molar-refractivity contribution in [3.63, 3.8) is 0 Å². The fourth-order valence-corrected chi connectivity index (χ4v) is 2.45. The van der Waals surface area contributed by atoms with Crippen LogP contribution in [0.1, 0.15) is 40.5 Å². The van der Waals surface area contributed by atoms with Crippen LogP contribution < -0.4 is 21.3 Å². The van der Waals surface area contributed by atoms with Crippen LogP contribution in [-0.4, -0.2) is 23.4 Å². The van der Waals surface area contributed by atoms with E-state index < -0.39 is 11.3 Å². The number of amides is 4. The molecule has 0 fully saturated rings. The van der Waals surface area contributed by atoms with E-state index in [9.17, 15) is 9.59 Å². The second-order valence-electron chi connectivity index (χ2n) is 7.35. The highest BCUT2D eigenvalue weighted by Gasteiger charge is 2.28. The molecule has 2 aromatic carbocycles. The maximum absolute atomic E-state index is 12.4. The molecule has 2 atom stereocenters. The Morgan fingerprint density at radius 1 is 0.700 bits per heavy atom. The van der Waals surface area contributed by atoms with E-state index in [1.54, 1.807) is 38.1 Å². The number of carbonyl (C=O) groups is 2.